The van der Waals surface area contributed by atoms with Crippen LogP contribution in [0.4, 0.5) is 54.5 Å². The fourth-order valence-corrected chi connectivity index (χ4v) is 10.7. The molecule has 2 aliphatic rings. The largest absolute Gasteiger partial charge is 0.472 e. The van der Waals surface area contributed by atoms with E-state index < -0.39 is 217 Å². The average Bonchev–Trinajstić information content (AvgIpc) is 1.52. The number of nitrogens with zero attached hydrogens (tertiary/aromatic N) is 7. The Kier molecular flexibility index (Phi) is 18.3. The lowest BCUT2D eigenvalue weighted by atomic mass is 9.93. The van der Waals surface area contributed by atoms with Crippen LogP contribution in [0.2, 0.25) is 5.02 Å². The monoisotopic (exact) mass is 1310 g/mol. The third kappa shape index (κ3) is 15.4. The normalized spacial score (nSPS) is 16.4. The van der Waals surface area contributed by atoms with Crippen LogP contribution >= 0.6 is 19.4 Å². The smallest absolute Gasteiger partial charge is 0.460 e. The van der Waals surface area contributed by atoms with Gasteiger partial charge in [0, 0.05) is 41.5 Å². The predicted molar refractivity (Wildman–Crippen MR) is 282 cm³/mol. The van der Waals surface area contributed by atoms with E-state index in [1.165, 1.54) is 34.6 Å². The molecule has 22 nitrogen and oxygen atoms in total. The highest BCUT2D eigenvalue weighted by Crippen LogP contribution is 2.68. The molecule has 0 spiro atoms. The van der Waals surface area contributed by atoms with Crippen LogP contribution in [0.15, 0.2) is 42.5 Å². The summed E-state index contributed by atoms with van der Waals surface area (Å²) in [5, 5.41) is 8.19. The highest BCUT2D eigenvalue weighted by Gasteiger charge is 2.68. The zero-order chi connectivity index (χ0) is 64.4. The summed E-state index contributed by atoms with van der Waals surface area (Å²) >= 11 is 6.70. The molecule has 0 radical (unpaired) electrons. The number of alkyl halides is 8. The minimum Gasteiger partial charge on any atom is -0.460 e. The molecule has 0 bridgehead atoms. The molecule has 7 rings (SSSR count). The molecule has 0 aliphatic heterocycles. The summed E-state index contributed by atoms with van der Waals surface area (Å²) in [6, 6.07) is 4.10. The van der Waals surface area contributed by atoms with Crippen LogP contribution in [0, 0.1) is 29.4 Å². The van der Waals surface area contributed by atoms with E-state index in [4.69, 9.17) is 26.1 Å². The van der Waals surface area contributed by atoms with Gasteiger partial charge in [0.2, 0.25) is 22.7 Å². The number of pyridine rings is 1. The summed E-state index contributed by atoms with van der Waals surface area (Å²) in [5.41, 5.74) is -7.91. The number of carbonyl (C=O) groups excluding carboxylic acids is 4. The van der Waals surface area contributed by atoms with Gasteiger partial charge in [0.25, 0.3) is 11.8 Å². The van der Waals surface area contributed by atoms with Crippen LogP contribution in [-0.4, -0.2) is 129 Å². The number of phosphoric acid groups is 1. The number of esters is 1. The quantitative estimate of drug-likeness (QED) is 0.0233. The summed E-state index contributed by atoms with van der Waals surface area (Å²) in [6.45, 7) is -0.575. The van der Waals surface area contributed by atoms with Gasteiger partial charge in [0.05, 0.1) is 40.3 Å². The Bertz CT molecular complexity index is 3890. The number of ether oxygens (including phenoxy) is 2. The van der Waals surface area contributed by atoms with Gasteiger partial charge < -0.3 is 24.6 Å². The van der Waals surface area contributed by atoms with E-state index in [2.05, 4.69) is 41.6 Å². The summed E-state index contributed by atoms with van der Waals surface area (Å²) in [5.74, 6) is -9.48. The molecule has 3 atom stereocenters. The van der Waals surface area contributed by atoms with Crippen molar-refractivity contribution in [3.8, 4) is 23.0 Å². The summed E-state index contributed by atoms with van der Waals surface area (Å²) in [4.78, 5) is 77.9. The Labute approximate surface area is 487 Å². The topological polar surface area (TPSA) is 289 Å². The van der Waals surface area contributed by atoms with Gasteiger partial charge in [-0.25, -0.2) is 44.5 Å². The second-order valence-electron chi connectivity index (χ2n) is 21.3. The van der Waals surface area contributed by atoms with Crippen LogP contribution < -0.4 is 9.62 Å². The first-order valence-electron chi connectivity index (χ1n) is 24.9. The van der Waals surface area contributed by atoms with Crippen molar-refractivity contribution in [1.29, 1.82) is 0 Å². The number of halogens is 11. The van der Waals surface area contributed by atoms with Crippen LogP contribution in [0.25, 0.3) is 22.0 Å². The van der Waals surface area contributed by atoms with E-state index >= 15 is 8.78 Å². The standard InChI is InChI=1S/C50H50ClF10N8O14PS2/c1-46(2,3)83-37(72)13-15-66(45(73)81-24-82-84(74,75)76)22-36(71)69(86(7,79)80)44-39-33(51)11-10-30(41(39)68(65-44)23-48(54,55)56)29-9-8-28(12-14-47(4,5)85(6,77)78)62-40(29)34(18-25-16-26(52)19-27(53)17-25)63-35(70)21-67-43-38(42(64-67)50(59,60)61)31-20-32(31)49(43,57)58/h8-11,16-17,19,31-32,34H,13,15,18,20-24H2,1-7H3,(H,63,70)(H2,74,75,76)/t31-,32+,34-/m0/s1. The lowest BCUT2D eigenvalue weighted by Gasteiger charge is -2.26. The van der Waals surface area contributed by atoms with E-state index in [0.717, 1.165) is 42.7 Å². The number of sulfonamides is 1. The van der Waals surface area contributed by atoms with Crippen molar-refractivity contribution in [2.24, 2.45) is 5.92 Å². The van der Waals surface area contributed by atoms with Crippen molar-refractivity contribution in [1.82, 2.24) is 34.8 Å². The Morgan fingerprint density at radius 1 is 0.930 bits per heavy atom. The number of benzene rings is 2. The van der Waals surface area contributed by atoms with Gasteiger partial charge in [-0.2, -0.15) is 49.6 Å². The Morgan fingerprint density at radius 2 is 1.56 bits per heavy atom. The lowest BCUT2D eigenvalue weighted by Crippen LogP contribution is -2.46. The molecule has 36 heteroatoms. The molecule has 1 saturated carbocycles. The molecule has 0 unspecified atom stereocenters. The van der Waals surface area contributed by atoms with E-state index in [9.17, 15) is 75.7 Å². The summed E-state index contributed by atoms with van der Waals surface area (Å²) in [7, 11) is -14.5. The Hall–Kier alpha value is -6.89. The first kappa shape index (κ1) is 66.6. The van der Waals surface area contributed by atoms with Crippen molar-refractivity contribution in [3.63, 3.8) is 0 Å². The summed E-state index contributed by atoms with van der Waals surface area (Å²) in [6.07, 6.45) is -12.9. The SMILES string of the molecule is CC(C)(C)OC(=O)CCN(CC(=O)N(c1nn(CC(F)(F)F)c2c(-c3ccc(C#CC(C)(C)S(C)(=O)=O)nc3[C@H](Cc3cc(F)cc(F)c3)NC(=O)Cn3nc(C(F)(F)F)c4c3C(F)(F)[C@@H]3C[C@H]43)ccc(Cl)c12)S(C)(=O)=O)C(=O)OCOP(=O)(O)O. The van der Waals surface area contributed by atoms with Crippen LogP contribution in [-0.2, 0) is 84.4 Å². The van der Waals surface area contributed by atoms with E-state index in [1.807, 2.05) is 0 Å². The summed E-state index contributed by atoms with van der Waals surface area (Å²) < 4.78 is 226. The highest BCUT2D eigenvalue weighted by molar-refractivity contribution is 7.93. The molecule has 3 N–H and O–H groups in total. The zero-order valence-corrected chi connectivity index (χ0v) is 49.1. The first-order chi connectivity index (χ1) is 39.3. The molecule has 5 aromatic rings. The third-order valence-corrected chi connectivity index (χ3v) is 16.8. The molecule has 1 fully saturated rings. The number of fused-ring (bicyclic) bond motifs is 4. The second-order valence-corrected chi connectivity index (χ2v) is 27.4. The fourth-order valence-electron chi connectivity index (χ4n) is 9.18. The molecule has 2 aromatic carbocycles. The van der Waals surface area contributed by atoms with Gasteiger partial charge in [-0.3, -0.25) is 28.6 Å². The van der Waals surface area contributed by atoms with E-state index in [-0.39, 0.29) is 25.7 Å². The average molecular weight is 1310 g/mol. The van der Waals surface area contributed by atoms with Gasteiger partial charge in [0.15, 0.2) is 21.3 Å². The number of rotatable bonds is 19. The van der Waals surface area contributed by atoms with Crippen LogP contribution in [0.5, 0.6) is 0 Å². The first-order valence-corrected chi connectivity index (χ1v) is 30.6. The van der Waals surface area contributed by atoms with Gasteiger partial charge >= 0.3 is 32.2 Å². The fraction of sp³-hybridized carbons (Fsp3) is 0.460. The Morgan fingerprint density at radius 3 is 2.13 bits per heavy atom. The highest BCUT2D eigenvalue weighted by atomic mass is 35.5. The third-order valence-electron chi connectivity index (χ3n) is 13.1. The molecule has 468 valence electrons. The van der Waals surface area contributed by atoms with Crippen LogP contribution in [0.1, 0.15) is 93.3 Å². The minimum atomic E-state index is -5.32. The predicted octanol–water partition coefficient (Wildman–Crippen LogP) is 7.82. The molecule has 86 heavy (non-hydrogen) atoms. The number of hydrogen-bond acceptors (Lipinski definition) is 15. The molecule has 3 aromatic heterocycles. The molecular weight excluding hydrogens is 1260 g/mol. The maximum Gasteiger partial charge on any atom is 0.472 e. The van der Waals surface area contributed by atoms with Crippen LogP contribution in [0.3, 0.4) is 0 Å². The zero-order valence-electron chi connectivity index (χ0n) is 45.8. The van der Waals surface area contributed by atoms with Gasteiger partial charge in [-0.1, -0.05) is 23.6 Å². The maximum absolute atomic E-state index is 15.7. The maximum atomic E-state index is 15.7. The number of hydrogen-bond donors (Lipinski definition) is 3. The minimum absolute atomic E-state index is 0.119. The molecule has 0 saturated heterocycles. The van der Waals surface area contributed by atoms with Crippen molar-refractivity contribution in [2.75, 3.05) is 36.7 Å². The number of amides is 3. The van der Waals surface area contributed by atoms with Gasteiger partial charge in [-0.05, 0) is 95.2 Å². The molecule has 3 heterocycles. The van der Waals surface area contributed by atoms with Crippen molar-refractivity contribution >= 4 is 79.9 Å². The second kappa shape index (κ2) is 23.7. The van der Waals surface area contributed by atoms with Crippen molar-refractivity contribution in [2.45, 2.75) is 108 Å². The Balaban J connectivity index is 1.44. The molecular formula is C50H50ClF10N8O14PS2. The molecule has 3 amide bonds. The van der Waals surface area contributed by atoms with E-state index in [0.29, 0.717) is 17.2 Å². The van der Waals surface area contributed by atoms with Gasteiger partial charge in [0.1, 0.15) is 53.0 Å². The number of nitrogens with one attached hydrogen (secondary N) is 1. The van der Waals surface area contributed by atoms with Crippen molar-refractivity contribution < 1.29 is 108 Å². The van der Waals surface area contributed by atoms with E-state index in [1.54, 1.807) is 0 Å². The van der Waals surface area contributed by atoms with Gasteiger partial charge in [-0.15, -0.1) is 0 Å². The van der Waals surface area contributed by atoms with Crippen molar-refractivity contribution in [3.05, 3.63) is 93.0 Å². The number of phosphoric ester groups is 1. The lowest BCUT2D eigenvalue weighted by molar-refractivity contribution is -0.155. The number of anilines is 1. The number of aromatic nitrogens is 5. The number of sulfone groups is 1. The molecule has 2 aliphatic carbocycles. The number of carbonyl (C=O) groups is 4.